The average Bonchev–Trinajstić information content (AvgIpc) is 3.82. The third kappa shape index (κ3) is 13.5. The van der Waals surface area contributed by atoms with Crippen molar-refractivity contribution in [1.82, 2.24) is 35.3 Å². The summed E-state index contributed by atoms with van der Waals surface area (Å²) in [5.41, 5.74) is 1.81. The summed E-state index contributed by atoms with van der Waals surface area (Å²) in [4.78, 5) is 93.9. The topological polar surface area (TPSA) is 227 Å². The number of aliphatic imine (C=N–C) groups is 2. The summed E-state index contributed by atoms with van der Waals surface area (Å²) in [5.74, 6) is -1.94. The number of hydrogen-bond donors (Lipinski definition) is 4. The molecule has 348 valence electrons. The molecule has 2 unspecified atom stereocenters. The van der Waals surface area contributed by atoms with E-state index in [1.54, 1.807) is 39.4 Å². The van der Waals surface area contributed by atoms with Crippen molar-refractivity contribution >= 4 is 47.2 Å². The molecule has 2 atom stereocenters. The van der Waals surface area contributed by atoms with Gasteiger partial charge in [-0.25, -0.2) is 14.9 Å². The number of amides is 4. The molecule has 0 spiro atoms. The number of aromatic nitrogens is 2. The first-order chi connectivity index (χ1) is 29.6. The molecule has 2 aromatic heterocycles. The molecule has 0 bridgehead atoms. The van der Waals surface area contributed by atoms with Crippen LogP contribution < -0.4 is 10.6 Å². The largest absolute Gasteiger partial charge is 0.481 e. The first-order valence-electron chi connectivity index (χ1n) is 22.1. The molecule has 0 aliphatic carbocycles. The van der Waals surface area contributed by atoms with Crippen molar-refractivity contribution in [3.05, 3.63) is 58.2 Å². The van der Waals surface area contributed by atoms with Crippen LogP contribution in [0.1, 0.15) is 145 Å². The molecule has 0 saturated heterocycles. The number of pyridine rings is 2. The van der Waals surface area contributed by atoms with Crippen molar-refractivity contribution in [3.63, 3.8) is 0 Å². The minimum Gasteiger partial charge on any atom is -0.481 e. The van der Waals surface area contributed by atoms with Gasteiger partial charge in [0.2, 0.25) is 0 Å². The molecule has 17 heteroatoms. The first-order valence-corrected chi connectivity index (χ1v) is 22.1. The highest BCUT2D eigenvalue weighted by Gasteiger charge is 2.54. The second kappa shape index (κ2) is 24.4. The number of rotatable bonds is 17. The summed E-state index contributed by atoms with van der Waals surface area (Å²) in [6, 6.07) is 3.57. The van der Waals surface area contributed by atoms with Crippen LogP contribution >= 0.6 is 0 Å². The van der Waals surface area contributed by atoms with Gasteiger partial charge >= 0.3 is 11.9 Å². The van der Waals surface area contributed by atoms with E-state index in [1.807, 2.05) is 54.7 Å². The van der Waals surface area contributed by atoms with Gasteiger partial charge < -0.3 is 30.6 Å². The van der Waals surface area contributed by atoms with Crippen molar-refractivity contribution in [3.8, 4) is 0 Å². The molecule has 3 aliphatic rings. The van der Waals surface area contributed by atoms with E-state index >= 15 is 0 Å². The fraction of sp³-hybridized carbons (Fsp3) is 0.609. The van der Waals surface area contributed by atoms with E-state index in [0.29, 0.717) is 60.0 Å². The average molecular weight is 878 g/mol. The zero-order valence-electron chi connectivity index (χ0n) is 39.7. The SMILES string of the molecule is CCN(CC)CC.CCc1cnc(C2=NC(C)(C(C)C)C(=O)N2)c(C(=O)N(C)CCCC(=O)O)c1.CCc1cnc2c(c1)C(=O)N1C(=O)C(C)(C(C)C)N=C21.CNCCCC(=O)O. The highest BCUT2D eigenvalue weighted by Crippen LogP contribution is 2.37. The fourth-order valence-electron chi connectivity index (χ4n) is 6.49. The zero-order chi connectivity index (χ0) is 47.8. The summed E-state index contributed by atoms with van der Waals surface area (Å²) in [6.07, 6.45) is 6.26. The quantitative estimate of drug-likeness (QED) is 0.120. The minimum absolute atomic E-state index is 0.00671. The van der Waals surface area contributed by atoms with Gasteiger partial charge in [-0.3, -0.25) is 38.7 Å². The van der Waals surface area contributed by atoms with E-state index in [0.717, 1.165) is 24.1 Å². The van der Waals surface area contributed by atoms with Crippen LogP contribution in [0.5, 0.6) is 0 Å². The van der Waals surface area contributed by atoms with Crippen LogP contribution in [0.4, 0.5) is 0 Å². The Morgan fingerprint density at radius 1 is 0.794 bits per heavy atom. The first kappa shape index (κ1) is 53.7. The monoisotopic (exact) mass is 878 g/mol. The molecule has 5 heterocycles. The maximum Gasteiger partial charge on any atom is 0.303 e. The molecule has 4 N–H and O–H groups in total. The van der Waals surface area contributed by atoms with Gasteiger partial charge in [-0.15, -0.1) is 0 Å². The Balaban J connectivity index is 0.000000336. The Morgan fingerprint density at radius 3 is 1.78 bits per heavy atom. The van der Waals surface area contributed by atoms with Gasteiger partial charge in [0.05, 0.1) is 11.1 Å². The Kier molecular flexibility index (Phi) is 20.8. The number of carbonyl (C=O) groups is 6. The Morgan fingerprint density at radius 2 is 1.32 bits per heavy atom. The lowest BCUT2D eigenvalue weighted by Crippen LogP contribution is -2.44. The smallest absolute Gasteiger partial charge is 0.303 e. The zero-order valence-corrected chi connectivity index (χ0v) is 39.7. The van der Waals surface area contributed by atoms with Gasteiger partial charge in [-0.2, -0.15) is 0 Å². The lowest BCUT2D eigenvalue weighted by atomic mass is 9.88. The number of carboxylic acids is 2. The van der Waals surface area contributed by atoms with Crippen molar-refractivity contribution in [2.45, 2.75) is 126 Å². The Hall–Kier alpha value is -5.42. The molecule has 5 rings (SSSR count). The van der Waals surface area contributed by atoms with E-state index in [4.69, 9.17) is 10.2 Å². The van der Waals surface area contributed by atoms with E-state index in [2.05, 4.69) is 56.3 Å². The number of imide groups is 1. The lowest BCUT2D eigenvalue weighted by molar-refractivity contribution is -0.138. The Bertz CT molecular complexity index is 2010. The van der Waals surface area contributed by atoms with Gasteiger partial charge in [0, 0.05) is 38.8 Å². The number of carbonyl (C=O) groups excluding carboxylic acids is 4. The molecule has 0 aromatic carbocycles. The summed E-state index contributed by atoms with van der Waals surface area (Å²) in [5, 5.41) is 22.5. The van der Waals surface area contributed by atoms with Crippen LogP contribution in [0.25, 0.3) is 0 Å². The highest BCUT2D eigenvalue weighted by atomic mass is 16.4. The maximum absolute atomic E-state index is 13.0. The van der Waals surface area contributed by atoms with Gasteiger partial charge in [0.15, 0.2) is 11.7 Å². The predicted octanol–water partition coefficient (Wildman–Crippen LogP) is 5.09. The number of nitrogens with zero attached hydrogens (tertiary/aromatic N) is 7. The van der Waals surface area contributed by atoms with Gasteiger partial charge in [0.1, 0.15) is 22.5 Å². The number of aryl methyl sites for hydroxylation is 2. The number of aliphatic carboxylic acids is 2. The normalized spacial score (nSPS) is 18.3. The number of carboxylic acid groups (broad SMARTS) is 2. The van der Waals surface area contributed by atoms with Gasteiger partial charge in [0.25, 0.3) is 23.6 Å². The number of amidine groups is 2. The third-order valence-electron chi connectivity index (χ3n) is 11.7. The highest BCUT2D eigenvalue weighted by molar-refractivity contribution is 6.33. The molecule has 2 aromatic rings. The molecule has 0 radical (unpaired) electrons. The van der Waals surface area contributed by atoms with Crippen LogP contribution in [0.15, 0.2) is 34.5 Å². The van der Waals surface area contributed by atoms with Crippen LogP contribution in [-0.4, -0.2) is 140 Å². The number of nitrogens with one attached hydrogen (secondary N) is 2. The lowest BCUT2D eigenvalue weighted by Gasteiger charge is -2.24. The second-order valence-corrected chi connectivity index (χ2v) is 16.5. The number of fused-ring (bicyclic) bond motifs is 3. The van der Waals surface area contributed by atoms with E-state index in [1.165, 1.54) is 29.4 Å². The summed E-state index contributed by atoms with van der Waals surface area (Å²) in [6.45, 7) is 26.4. The standard InChI is InChI=1S/C20H28N4O4.C15H17N3O2.C6H15N.C5H11NO2/c1-6-13-10-14(18(27)24(5)9-7-8-15(25)26)16(21-11-13)17-22-19(28)20(4,23-17)12(2)3;1-5-9-6-10-11(16-7-9)12-17-15(4,8(2)3)14(20)18(12)13(10)19;1-4-7(5-2)6-3;1-6-4-2-3-5(7)8/h10-12H,6-9H2,1-5H3,(H,25,26)(H,22,23,28);6-8H,5H2,1-4H3;4-6H2,1-3H3;6H,2-4H2,1H3,(H,7,8). The summed E-state index contributed by atoms with van der Waals surface area (Å²) < 4.78 is 0. The predicted molar refractivity (Wildman–Crippen MR) is 244 cm³/mol. The van der Waals surface area contributed by atoms with Crippen LogP contribution in [0, 0.1) is 11.8 Å². The molecular formula is C46H71N9O8. The van der Waals surface area contributed by atoms with Crippen molar-refractivity contribution in [2.24, 2.45) is 21.8 Å². The summed E-state index contributed by atoms with van der Waals surface area (Å²) >= 11 is 0. The van der Waals surface area contributed by atoms with Crippen LogP contribution in [-0.2, 0) is 32.0 Å². The fourth-order valence-corrected chi connectivity index (χ4v) is 6.49. The molecule has 63 heavy (non-hydrogen) atoms. The number of hydrogen-bond acceptors (Lipinski definition) is 12. The van der Waals surface area contributed by atoms with Gasteiger partial charge in [-0.05, 0) is 108 Å². The van der Waals surface area contributed by atoms with Gasteiger partial charge in [-0.1, -0.05) is 62.3 Å². The maximum atomic E-state index is 13.0. The van der Waals surface area contributed by atoms with Crippen LogP contribution in [0.3, 0.4) is 0 Å². The van der Waals surface area contributed by atoms with Crippen LogP contribution in [0.2, 0.25) is 0 Å². The molecule has 17 nitrogen and oxygen atoms in total. The molecule has 0 fully saturated rings. The van der Waals surface area contributed by atoms with E-state index in [-0.39, 0.29) is 48.3 Å². The molecular weight excluding hydrogens is 807 g/mol. The summed E-state index contributed by atoms with van der Waals surface area (Å²) in [7, 11) is 3.43. The van der Waals surface area contributed by atoms with Crippen molar-refractivity contribution < 1.29 is 39.0 Å². The molecule has 4 amide bonds. The molecule has 0 saturated carbocycles. The molecule has 3 aliphatic heterocycles. The van der Waals surface area contributed by atoms with Crippen molar-refractivity contribution in [1.29, 1.82) is 0 Å². The van der Waals surface area contributed by atoms with Crippen molar-refractivity contribution in [2.75, 3.05) is 46.8 Å². The second-order valence-electron chi connectivity index (χ2n) is 16.5. The minimum atomic E-state index is -0.909. The Labute approximate surface area is 373 Å². The van der Waals surface area contributed by atoms with E-state index in [9.17, 15) is 28.8 Å². The third-order valence-corrected chi connectivity index (χ3v) is 11.7. The van der Waals surface area contributed by atoms with E-state index < -0.39 is 23.0 Å².